The maximum absolute atomic E-state index is 12.1. The quantitative estimate of drug-likeness (QED) is 0.663. The Morgan fingerprint density at radius 2 is 1.95 bits per heavy atom. The lowest BCUT2D eigenvalue weighted by molar-refractivity contribution is -0.137. The first-order valence-corrected chi connectivity index (χ1v) is 7.99. The lowest BCUT2D eigenvalue weighted by Gasteiger charge is -2.25. The Balaban J connectivity index is 2.80. The number of sulfonamides is 1. The number of hydrogen-bond acceptors (Lipinski definition) is 5. The van der Waals surface area contributed by atoms with Gasteiger partial charge in [0.15, 0.2) is 5.03 Å². The predicted molar refractivity (Wildman–Crippen MR) is 78.9 cm³/mol. The van der Waals surface area contributed by atoms with E-state index in [1.54, 1.807) is 13.8 Å². The number of nitrogens with one attached hydrogen (secondary N) is 2. The van der Waals surface area contributed by atoms with E-state index in [1.165, 1.54) is 19.2 Å². The number of aliphatic carboxylic acids is 1. The van der Waals surface area contributed by atoms with Crippen LogP contribution in [0.25, 0.3) is 0 Å². The number of carboxylic acid groups (broad SMARTS) is 1. The van der Waals surface area contributed by atoms with Gasteiger partial charge in [-0.3, -0.25) is 9.59 Å². The summed E-state index contributed by atoms with van der Waals surface area (Å²) in [6.07, 6.45) is 1.37. The zero-order valence-electron chi connectivity index (χ0n) is 12.6. The van der Waals surface area contributed by atoms with E-state index in [0.29, 0.717) is 0 Å². The Morgan fingerprint density at radius 1 is 1.32 bits per heavy atom. The third kappa shape index (κ3) is 5.08. The normalized spacial score (nSPS) is 12.0. The van der Waals surface area contributed by atoms with E-state index in [-0.39, 0.29) is 23.4 Å². The Morgan fingerprint density at radius 3 is 2.41 bits per heavy atom. The van der Waals surface area contributed by atoms with Crippen LogP contribution in [0.4, 0.5) is 0 Å². The highest BCUT2D eigenvalue weighted by atomic mass is 32.2. The van der Waals surface area contributed by atoms with Gasteiger partial charge in [-0.25, -0.2) is 18.1 Å². The molecule has 0 aliphatic carbocycles. The molecule has 0 saturated heterocycles. The Hall–Kier alpha value is -2.00. The fourth-order valence-electron chi connectivity index (χ4n) is 1.64. The average molecular weight is 329 g/mol. The van der Waals surface area contributed by atoms with E-state index in [0.717, 1.165) is 6.20 Å². The Kier molecular flexibility index (Phi) is 5.61. The molecule has 8 nitrogen and oxygen atoms in total. The minimum Gasteiger partial charge on any atom is -0.481 e. The van der Waals surface area contributed by atoms with Crippen molar-refractivity contribution in [2.45, 2.75) is 37.3 Å². The standard InChI is InChI=1S/C13H19N3O5S/c1-13(2,7-6-11(17)18)16-12(19)9-4-5-10(15-8-9)22(20,21)14-3/h4-5,8,14H,6-7H2,1-3H3,(H,16,19)(H,17,18). The van der Waals surface area contributed by atoms with Crippen LogP contribution in [0.2, 0.25) is 0 Å². The molecule has 0 fully saturated rings. The second-order valence-corrected chi connectivity index (χ2v) is 7.16. The van der Waals surface area contributed by atoms with Crippen LogP contribution in [0.5, 0.6) is 0 Å². The zero-order valence-corrected chi connectivity index (χ0v) is 13.4. The summed E-state index contributed by atoms with van der Waals surface area (Å²) in [7, 11) is -2.39. The van der Waals surface area contributed by atoms with Gasteiger partial charge in [0, 0.05) is 18.2 Å². The summed E-state index contributed by atoms with van der Waals surface area (Å²) in [5.74, 6) is -1.39. The molecule has 0 aromatic carbocycles. The van der Waals surface area contributed by atoms with E-state index in [1.807, 2.05) is 0 Å². The molecule has 1 rings (SSSR count). The highest BCUT2D eigenvalue weighted by Crippen LogP contribution is 2.13. The molecule has 0 radical (unpaired) electrons. The van der Waals surface area contributed by atoms with Gasteiger partial charge in [0.25, 0.3) is 15.9 Å². The first kappa shape index (κ1) is 18.1. The summed E-state index contributed by atoms with van der Waals surface area (Å²) in [5.41, 5.74) is -0.510. The monoisotopic (exact) mass is 329 g/mol. The highest BCUT2D eigenvalue weighted by Gasteiger charge is 2.23. The molecule has 0 unspecified atom stereocenters. The van der Waals surface area contributed by atoms with Gasteiger partial charge in [0.1, 0.15) is 0 Å². The van der Waals surface area contributed by atoms with E-state index in [9.17, 15) is 18.0 Å². The molecule has 1 aromatic rings. The number of nitrogens with zero attached hydrogens (tertiary/aromatic N) is 1. The lowest BCUT2D eigenvalue weighted by Crippen LogP contribution is -2.43. The molecule has 0 atom stereocenters. The van der Waals surface area contributed by atoms with Gasteiger partial charge in [0.05, 0.1) is 5.56 Å². The molecule has 0 aliphatic rings. The first-order valence-electron chi connectivity index (χ1n) is 6.51. The Bertz CT molecular complexity index is 653. The molecule has 1 heterocycles. The van der Waals surface area contributed by atoms with Gasteiger partial charge in [-0.15, -0.1) is 0 Å². The predicted octanol–water partition coefficient (Wildman–Crippen LogP) is 0.363. The summed E-state index contributed by atoms with van der Waals surface area (Å²) in [6.45, 7) is 3.42. The van der Waals surface area contributed by atoms with Gasteiger partial charge >= 0.3 is 5.97 Å². The minimum atomic E-state index is -3.65. The summed E-state index contributed by atoms with van der Waals surface area (Å²) in [5, 5.41) is 11.2. The van der Waals surface area contributed by atoms with Crippen molar-refractivity contribution in [3.05, 3.63) is 23.9 Å². The van der Waals surface area contributed by atoms with Crippen molar-refractivity contribution in [3.63, 3.8) is 0 Å². The van der Waals surface area contributed by atoms with Gasteiger partial charge < -0.3 is 10.4 Å². The molecule has 0 aliphatic heterocycles. The van der Waals surface area contributed by atoms with Crippen molar-refractivity contribution < 1.29 is 23.1 Å². The average Bonchev–Trinajstić information content (AvgIpc) is 2.45. The molecule has 0 spiro atoms. The molecule has 22 heavy (non-hydrogen) atoms. The maximum atomic E-state index is 12.1. The first-order chi connectivity index (χ1) is 10.1. The number of carbonyl (C=O) groups excluding carboxylic acids is 1. The summed E-state index contributed by atoms with van der Waals surface area (Å²) >= 11 is 0. The maximum Gasteiger partial charge on any atom is 0.303 e. The summed E-state index contributed by atoms with van der Waals surface area (Å²) < 4.78 is 25.2. The molecule has 0 saturated carbocycles. The number of carbonyl (C=O) groups is 2. The topological polar surface area (TPSA) is 125 Å². The van der Waals surface area contributed by atoms with Crippen LogP contribution in [0.1, 0.15) is 37.0 Å². The molecular formula is C13H19N3O5S. The minimum absolute atomic E-state index is 0.0646. The number of hydrogen-bond donors (Lipinski definition) is 3. The van der Waals surface area contributed by atoms with Crippen molar-refractivity contribution in [1.29, 1.82) is 0 Å². The third-order valence-electron chi connectivity index (χ3n) is 2.96. The fourth-order valence-corrected chi connectivity index (χ4v) is 2.29. The fraction of sp³-hybridized carbons (Fsp3) is 0.462. The molecule has 9 heteroatoms. The van der Waals surface area contributed by atoms with Crippen molar-refractivity contribution in [1.82, 2.24) is 15.0 Å². The van der Waals surface area contributed by atoms with Crippen molar-refractivity contribution in [2.75, 3.05) is 7.05 Å². The van der Waals surface area contributed by atoms with E-state index in [4.69, 9.17) is 5.11 Å². The number of carboxylic acids is 1. The number of rotatable bonds is 7. The molecule has 0 bridgehead atoms. The van der Waals surface area contributed by atoms with Crippen molar-refractivity contribution in [2.24, 2.45) is 0 Å². The largest absolute Gasteiger partial charge is 0.481 e. The summed E-state index contributed by atoms with van der Waals surface area (Å²) in [6, 6.07) is 2.57. The summed E-state index contributed by atoms with van der Waals surface area (Å²) in [4.78, 5) is 26.4. The van der Waals surface area contributed by atoms with Gasteiger partial charge in [-0.1, -0.05) is 0 Å². The van der Waals surface area contributed by atoms with Crippen LogP contribution >= 0.6 is 0 Å². The molecule has 3 N–H and O–H groups in total. The smallest absolute Gasteiger partial charge is 0.303 e. The van der Waals surface area contributed by atoms with Crippen molar-refractivity contribution >= 4 is 21.9 Å². The lowest BCUT2D eigenvalue weighted by atomic mass is 9.98. The number of aromatic nitrogens is 1. The van der Waals surface area contributed by atoms with Crippen LogP contribution in [-0.2, 0) is 14.8 Å². The van der Waals surface area contributed by atoms with Crippen LogP contribution in [0.3, 0.4) is 0 Å². The van der Waals surface area contributed by atoms with Crippen LogP contribution in [-0.4, -0.2) is 43.0 Å². The van der Waals surface area contributed by atoms with E-state index >= 15 is 0 Å². The second kappa shape index (κ2) is 6.84. The molecule has 122 valence electrons. The van der Waals surface area contributed by atoms with Gasteiger partial charge in [-0.05, 0) is 39.4 Å². The molecular weight excluding hydrogens is 310 g/mol. The number of pyridine rings is 1. The van der Waals surface area contributed by atoms with Crippen LogP contribution in [0.15, 0.2) is 23.4 Å². The van der Waals surface area contributed by atoms with E-state index in [2.05, 4.69) is 15.0 Å². The van der Waals surface area contributed by atoms with Crippen molar-refractivity contribution in [3.8, 4) is 0 Å². The van der Waals surface area contributed by atoms with Crippen LogP contribution < -0.4 is 10.0 Å². The number of amides is 1. The Labute approximate surface area is 129 Å². The second-order valence-electron chi connectivity index (χ2n) is 5.32. The highest BCUT2D eigenvalue weighted by molar-refractivity contribution is 7.89. The van der Waals surface area contributed by atoms with Gasteiger partial charge in [-0.2, -0.15) is 0 Å². The SMILES string of the molecule is CNS(=O)(=O)c1ccc(C(=O)NC(C)(C)CCC(=O)O)cn1. The van der Waals surface area contributed by atoms with Gasteiger partial charge in [0.2, 0.25) is 0 Å². The third-order valence-corrected chi connectivity index (χ3v) is 4.29. The zero-order chi connectivity index (χ0) is 17.0. The van der Waals surface area contributed by atoms with E-state index < -0.39 is 27.4 Å². The molecule has 1 aromatic heterocycles. The molecule has 1 amide bonds. The van der Waals surface area contributed by atoms with Crippen LogP contribution in [0, 0.1) is 0 Å².